The van der Waals surface area contributed by atoms with Crippen LogP contribution in [0.25, 0.3) is 0 Å². The summed E-state index contributed by atoms with van der Waals surface area (Å²) < 4.78 is 0. The van der Waals surface area contributed by atoms with Crippen molar-refractivity contribution in [3.05, 3.63) is 35.9 Å². The number of hydrogen-bond donors (Lipinski definition) is 2. The number of hydrogen-bond acceptors (Lipinski definition) is 2. The third-order valence-electron chi connectivity index (χ3n) is 2.36. The maximum Gasteiger partial charge on any atom is 0.308 e. The summed E-state index contributed by atoms with van der Waals surface area (Å²) in [5.74, 6) is -1.21. The Hall–Kier alpha value is -1.35. The molecule has 0 bridgehead atoms. The molecule has 0 aromatic heterocycles. The lowest BCUT2D eigenvalue weighted by molar-refractivity contribution is -0.142. The largest absolute Gasteiger partial charge is 0.481 e. The molecular formula is C11H15NO2. The van der Waals surface area contributed by atoms with E-state index in [1.165, 1.54) is 0 Å². The minimum Gasteiger partial charge on any atom is -0.481 e. The Balaban J connectivity index is 2.87. The highest BCUT2D eigenvalue weighted by Gasteiger charge is 2.22. The molecule has 2 atom stereocenters. The molecule has 0 fully saturated rings. The summed E-state index contributed by atoms with van der Waals surface area (Å²) in [4.78, 5) is 10.8. The monoisotopic (exact) mass is 193 g/mol. The lowest BCUT2D eigenvalue weighted by Crippen LogP contribution is -2.28. The second-order valence-electron chi connectivity index (χ2n) is 3.30. The van der Waals surface area contributed by atoms with Crippen LogP contribution in [0.1, 0.15) is 18.5 Å². The highest BCUT2D eigenvalue weighted by atomic mass is 16.4. The van der Waals surface area contributed by atoms with Crippen molar-refractivity contribution in [3.8, 4) is 0 Å². The molecule has 76 valence electrons. The molecule has 0 saturated carbocycles. The molecule has 3 nitrogen and oxygen atoms in total. The lowest BCUT2D eigenvalue weighted by atomic mass is 9.95. The Morgan fingerprint density at radius 1 is 1.36 bits per heavy atom. The predicted octanol–water partition coefficient (Wildman–Crippen LogP) is 1.67. The maximum absolute atomic E-state index is 10.8. The standard InChI is InChI=1S/C11H15NO2/c1-8(11(13)14)10(12-2)9-6-4-3-5-7-9/h3-8,10,12H,1-2H3,(H,13,14). The Morgan fingerprint density at radius 2 is 1.93 bits per heavy atom. The van der Waals surface area contributed by atoms with Gasteiger partial charge in [-0.25, -0.2) is 0 Å². The molecule has 2 unspecified atom stereocenters. The number of carboxylic acid groups (broad SMARTS) is 1. The van der Waals surface area contributed by atoms with Gasteiger partial charge < -0.3 is 10.4 Å². The van der Waals surface area contributed by atoms with Crippen LogP contribution >= 0.6 is 0 Å². The summed E-state index contributed by atoms with van der Waals surface area (Å²) >= 11 is 0. The molecule has 0 aliphatic rings. The van der Waals surface area contributed by atoms with E-state index in [0.717, 1.165) is 5.56 Å². The minimum atomic E-state index is -0.784. The van der Waals surface area contributed by atoms with Crippen molar-refractivity contribution < 1.29 is 9.90 Å². The fourth-order valence-electron chi connectivity index (χ4n) is 1.51. The zero-order chi connectivity index (χ0) is 10.6. The quantitative estimate of drug-likeness (QED) is 0.764. The summed E-state index contributed by atoms with van der Waals surface area (Å²) in [5, 5.41) is 11.9. The van der Waals surface area contributed by atoms with Crippen LogP contribution in [0.3, 0.4) is 0 Å². The number of rotatable bonds is 4. The molecule has 0 amide bonds. The molecule has 14 heavy (non-hydrogen) atoms. The smallest absolute Gasteiger partial charge is 0.308 e. The summed E-state index contributed by atoms with van der Waals surface area (Å²) in [6, 6.07) is 9.47. The first-order valence-corrected chi connectivity index (χ1v) is 4.62. The highest BCUT2D eigenvalue weighted by Crippen LogP contribution is 2.21. The lowest BCUT2D eigenvalue weighted by Gasteiger charge is -2.20. The van der Waals surface area contributed by atoms with Gasteiger partial charge in [-0.2, -0.15) is 0 Å². The number of nitrogens with one attached hydrogen (secondary N) is 1. The molecule has 0 aliphatic heterocycles. The van der Waals surface area contributed by atoms with Crippen molar-refractivity contribution in [1.29, 1.82) is 0 Å². The summed E-state index contributed by atoms with van der Waals surface area (Å²) in [7, 11) is 1.77. The van der Waals surface area contributed by atoms with Crippen molar-refractivity contribution >= 4 is 5.97 Å². The Labute approximate surface area is 83.8 Å². The summed E-state index contributed by atoms with van der Waals surface area (Å²) in [6.07, 6.45) is 0. The normalized spacial score (nSPS) is 14.7. The zero-order valence-corrected chi connectivity index (χ0v) is 8.40. The van der Waals surface area contributed by atoms with Gasteiger partial charge in [0.2, 0.25) is 0 Å². The third kappa shape index (κ3) is 2.33. The van der Waals surface area contributed by atoms with Crippen LogP contribution < -0.4 is 5.32 Å². The first-order chi connectivity index (χ1) is 6.66. The van der Waals surface area contributed by atoms with E-state index in [-0.39, 0.29) is 6.04 Å². The van der Waals surface area contributed by atoms with Crippen LogP contribution in [0.5, 0.6) is 0 Å². The number of carbonyl (C=O) groups is 1. The van der Waals surface area contributed by atoms with E-state index in [1.54, 1.807) is 14.0 Å². The van der Waals surface area contributed by atoms with Crippen molar-refractivity contribution in [3.63, 3.8) is 0 Å². The fourth-order valence-corrected chi connectivity index (χ4v) is 1.51. The van der Waals surface area contributed by atoms with Gasteiger partial charge in [0, 0.05) is 6.04 Å². The molecule has 1 rings (SSSR count). The first-order valence-electron chi connectivity index (χ1n) is 4.62. The average molecular weight is 193 g/mol. The molecular weight excluding hydrogens is 178 g/mol. The minimum absolute atomic E-state index is 0.131. The van der Waals surface area contributed by atoms with E-state index in [2.05, 4.69) is 5.32 Å². The van der Waals surface area contributed by atoms with E-state index >= 15 is 0 Å². The van der Waals surface area contributed by atoms with Crippen molar-refractivity contribution in [2.45, 2.75) is 13.0 Å². The van der Waals surface area contributed by atoms with E-state index in [9.17, 15) is 4.79 Å². The van der Waals surface area contributed by atoms with Gasteiger partial charge in [0.15, 0.2) is 0 Å². The molecule has 0 aliphatic carbocycles. The van der Waals surface area contributed by atoms with Crippen LogP contribution in [0.4, 0.5) is 0 Å². The van der Waals surface area contributed by atoms with E-state index in [1.807, 2.05) is 30.3 Å². The van der Waals surface area contributed by atoms with Crippen LogP contribution in [0.2, 0.25) is 0 Å². The Kier molecular flexibility index (Phi) is 3.65. The fraction of sp³-hybridized carbons (Fsp3) is 0.364. The van der Waals surface area contributed by atoms with Gasteiger partial charge >= 0.3 is 5.97 Å². The number of aliphatic carboxylic acids is 1. The highest BCUT2D eigenvalue weighted by molar-refractivity contribution is 5.70. The second kappa shape index (κ2) is 4.77. The third-order valence-corrected chi connectivity index (χ3v) is 2.36. The van der Waals surface area contributed by atoms with Gasteiger partial charge in [-0.05, 0) is 12.6 Å². The molecule has 2 N–H and O–H groups in total. The zero-order valence-electron chi connectivity index (χ0n) is 8.40. The predicted molar refractivity (Wildman–Crippen MR) is 55.0 cm³/mol. The van der Waals surface area contributed by atoms with E-state index in [0.29, 0.717) is 0 Å². The van der Waals surface area contributed by atoms with Crippen molar-refractivity contribution in [2.75, 3.05) is 7.05 Å². The van der Waals surface area contributed by atoms with Crippen molar-refractivity contribution in [1.82, 2.24) is 5.32 Å². The second-order valence-corrected chi connectivity index (χ2v) is 3.30. The van der Waals surface area contributed by atoms with Gasteiger partial charge in [-0.3, -0.25) is 4.79 Å². The Morgan fingerprint density at radius 3 is 2.36 bits per heavy atom. The molecule has 3 heteroatoms. The van der Waals surface area contributed by atoms with Crippen molar-refractivity contribution in [2.24, 2.45) is 5.92 Å². The first kappa shape index (κ1) is 10.7. The molecule has 0 saturated heterocycles. The SMILES string of the molecule is CNC(c1ccccc1)C(C)C(=O)O. The van der Waals surface area contributed by atoms with Gasteiger partial charge in [-0.1, -0.05) is 37.3 Å². The van der Waals surface area contributed by atoms with Gasteiger partial charge in [0.1, 0.15) is 0 Å². The molecule has 0 spiro atoms. The van der Waals surface area contributed by atoms with Gasteiger partial charge in [0.25, 0.3) is 0 Å². The molecule has 1 aromatic rings. The number of carboxylic acids is 1. The number of benzene rings is 1. The van der Waals surface area contributed by atoms with Crippen LogP contribution in [-0.2, 0) is 4.79 Å². The van der Waals surface area contributed by atoms with Gasteiger partial charge in [0.05, 0.1) is 5.92 Å². The van der Waals surface area contributed by atoms with Crippen LogP contribution in [-0.4, -0.2) is 18.1 Å². The van der Waals surface area contributed by atoms with Gasteiger partial charge in [-0.15, -0.1) is 0 Å². The molecule has 0 radical (unpaired) electrons. The Bertz CT molecular complexity index is 297. The summed E-state index contributed by atoms with van der Waals surface area (Å²) in [5.41, 5.74) is 1.00. The van der Waals surface area contributed by atoms with E-state index in [4.69, 9.17) is 5.11 Å². The molecule has 1 aromatic carbocycles. The topological polar surface area (TPSA) is 49.3 Å². The average Bonchev–Trinajstić information content (AvgIpc) is 2.20. The summed E-state index contributed by atoms with van der Waals surface area (Å²) in [6.45, 7) is 1.70. The van der Waals surface area contributed by atoms with E-state index < -0.39 is 11.9 Å². The van der Waals surface area contributed by atoms with Crippen LogP contribution in [0.15, 0.2) is 30.3 Å². The van der Waals surface area contributed by atoms with Crippen LogP contribution in [0, 0.1) is 5.92 Å². The maximum atomic E-state index is 10.8. The molecule has 0 heterocycles.